The largest absolute Gasteiger partial charge is 0.507 e. The predicted molar refractivity (Wildman–Crippen MR) is 165 cm³/mol. The van der Waals surface area contributed by atoms with E-state index in [9.17, 15) is 9.90 Å². The fraction of sp³-hybridized carbons (Fsp3) is 0.613. The predicted octanol–water partition coefficient (Wildman–Crippen LogP) is 6.48. The summed E-state index contributed by atoms with van der Waals surface area (Å²) in [7, 11) is 0. The van der Waals surface area contributed by atoms with Gasteiger partial charge in [-0.1, -0.05) is 60.1 Å². The third-order valence-electron chi connectivity index (χ3n) is 5.88. The van der Waals surface area contributed by atoms with E-state index in [1.54, 1.807) is 6.07 Å². The number of hydrogen-bond donors (Lipinski definition) is 4. The van der Waals surface area contributed by atoms with E-state index in [0.29, 0.717) is 19.0 Å². The molecule has 220 valence electrons. The molecule has 3 aliphatic rings. The van der Waals surface area contributed by atoms with Crippen molar-refractivity contribution >= 4 is 17.6 Å². The summed E-state index contributed by atoms with van der Waals surface area (Å²) < 4.78 is 0. The first-order valence-corrected chi connectivity index (χ1v) is 14.7. The first-order chi connectivity index (χ1) is 18.6. The molecule has 0 radical (unpaired) electrons. The molecule has 3 heterocycles. The monoisotopic (exact) mass is 542 g/mol. The zero-order valence-corrected chi connectivity index (χ0v) is 26.1. The van der Waals surface area contributed by atoms with Crippen LogP contribution in [0.2, 0.25) is 0 Å². The number of carbonyl (C=O) groups excluding carboxylic acids is 1. The number of aliphatic imine (C=N–C) groups is 1. The number of carbonyl (C=O) groups is 1. The number of phenols is 1. The van der Waals surface area contributed by atoms with Crippen LogP contribution in [0.4, 0.5) is 4.79 Å². The molecular formula is C31H54N6O2. The SMILES string of the molecule is CC.CC.CC1=C2NC(c3ccccc3O)=CC(=NCC3CCCN(C(=O)NC(C)(C)C)C3)N2NC1.CCC. The van der Waals surface area contributed by atoms with Gasteiger partial charge in [0.05, 0.1) is 5.70 Å². The number of nitrogens with one attached hydrogen (secondary N) is 3. The Bertz CT molecular complexity index is 993. The Hall–Kier alpha value is -3.00. The van der Waals surface area contributed by atoms with E-state index in [1.807, 2.05) is 82.7 Å². The van der Waals surface area contributed by atoms with Crippen molar-refractivity contribution < 1.29 is 9.90 Å². The van der Waals surface area contributed by atoms with Crippen LogP contribution in [0.1, 0.15) is 94.1 Å². The second-order valence-corrected chi connectivity index (χ2v) is 10.5. The molecule has 0 aromatic heterocycles. The van der Waals surface area contributed by atoms with E-state index < -0.39 is 0 Å². The summed E-state index contributed by atoms with van der Waals surface area (Å²) in [6.45, 7) is 23.2. The number of nitrogens with zero attached hydrogens (tertiary/aromatic N) is 3. The molecule has 0 spiro atoms. The lowest BCUT2D eigenvalue weighted by atomic mass is 9.98. The first-order valence-electron chi connectivity index (χ1n) is 14.7. The molecule has 3 aliphatic heterocycles. The molecule has 4 N–H and O–H groups in total. The van der Waals surface area contributed by atoms with Crippen molar-refractivity contribution in [2.75, 3.05) is 26.2 Å². The van der Waals surface area contributed by atoms with Crippen molar-refractivity contribution in [3.63, 3.8) is 0 Å². The molecule has 1 aromatic carbocycles. The lowest BCUT2D eigenvalue weighted by Gasteiger charge is -2.35. The number of aromatic hydroxyl groups is 1. The number of amides is 2. The Labute approximate surface area is 237 Å². The fourth-order valence-electron chi connectivity index (χ4n) is 4.25. The Kier molecular flexibility index (Phi) is 14.7. The second kappa shape index (κ2) is 16.9. The molecule has 0 saturated carbocycles. The highest BCUT2D eigenvalue weighted by molar-refractivity contribution is 6.02. The summed E-state index contributed by atoms with van der Waals surface area (Å²) in [6.07, 6.45) is 5.26. The Balaban J connectivity index is 0.000000996. The summed E-state index contributed by atoms with van der Waals surface area (Å²) in [5.41, 5.74) is 5.88. The number of piperidine rings is 1. The quantitative estimate of drug-likeness (QED) is 0.351. The molecule has 39 heavy (non-hydrogen) atoms. The van der Waals surface area contributed by atoms with Crippen LogP contribution in [0, 0.1) is 5.92 Å². The molecule has 1 aromatic rings. The number of rotatable bonds is 3. The van der Waals surface area contributed by atoms with Gasteiger partial charge in [0.15, 0.2) is 0 Å². The van der Waals surface area contributed by atoms with Gasteiger partial charge in [0.2, 0.25) is 0 Å². The third-order valence-corrected chi connectivity index (χ3v) is 5.88. The van der Waals surface area contributed by atoms with Crippen LogP contribution >= 0.6 is 0 Å². The Morgan fingerprint density at radius 3 is 2.41 bits per heavy atom. The summed E-state index contributed by atoms with van der Waals surface area (Å²) >= 11 is 0. The lowest BCUT2D eigenvalue weighted by molar-refractivity contribution is 0.160. The standard InChI is InChI=1S/C24H34N6O2.C3H8.2C2H6/c1-16-13-26-30-21(12-19(27-22(16)30)18-9-5-6-10-20(18)31)25-14-17-8-7-11-29(15-17)23(32)28-24(2,3)4;1-3-2;2*1-2/h5-6,9-10,12,17,26-27,31H,7-8,11,13-15H2,1-4H3,(H,28,32);3H2,1-2H3;2*1-2H3. The van der Waals surface area contributed by atoms with Crippen molar-refractivity contribution in [3.05, 3.63) is 47.3 Å². The van der Waals surface area contributed by atoms with Gasteiger partial charge in [-0.25, -0.2) is 15.2 Å². The molecule has 0 bridgehead atoms. The van der Waals surface area contributed by atoms with Crippen LogP contribution in [-0.2, 0) is 0 Å². The van der Waals surface area contributed by atoms with Crippen molar-refractivity contribution in [2.45, 2.75) is 94.0 Å². The molecular weight excluding hydrogens is 488 g/mol. The van der Waals surface area contributed by atoms with Gasteiger partial charge in [-0.05, 0) is 64.2 Å². The number of amidine groups is 1. The third kappa shape index (κ3) is 10.2. The summed E-state index contributed by atoms with van der Waals surface area (Å²) in [5, 5.41) is 18.8. The number of fused-ring (bicyclic) bond motifs is 1. The normalized spacial score (nSPS) is 19.3. The Morgan fingerprint density at radius 2 is 1.79 bits per heavy atom. The molecule has 1 fully saturated rings. The van der Waals surface area contributed by atoms with Crippen molar-refractivity contribution in [3.8, 4) is 5.75 Å². The van der Waals surface area contributed by atoms with Crippen LogP contribution in [0.5, 0.6) is 5.75 Å². The average molecular weight is 543 g/mol. The van der Waals surface area contributed by atoms with Gasteiger partial charge in [-0.15, -0.1) is 0 Å². The summed E-state index contributed by atoms with van der Waals surface area (Å²) in [4.78, 5) is 19.5. The van der Waals surface area contributed by atoms with Crippen molar-refractivity contribution in [2.24, 2.45) is 10.9 Å². The van der Waals surface area contributed by atoms with Gasteiger partial charge < -0.3 is 20.6 Å². The first kappa shape index (κ1) is 34.0. The van der Waals surface area contributed by atoms with E-state index in [1.165, 1.54) is 12.0 Å². The summed E-state index contributed by atoms with van der Waals surface area (Å²) in [6, 6.07) is 7.31. The van der Waals surface area contributed by atoms with E-state index in [4.69, 9.17) is 4.99 Å². The van der Waals surface area contributed by atoms with Crippen molar-refractivity contribution in [1.82, 2.24) is 26.0 Å². The number of phenolic OH excluding ortho intramolecular Hbond substituents is 1. The molecule has 4 rings (SSSR count). The van der Waals surface area contributed by atoms with Gasteiger partial charge in [0.25, 0.3) is 0 Å². The number of urea groups is 1. The van der Waals surface area contributed by atoms with Gasteiger partial charge in [0.1, 0.15) is 17.4 Å². The van der Waals surface area contributed by atoms with E-state index in [2.05, 4.69) is 36.8 Å². The Morgan fingerprint density at radius 1 is 1.15 bits per heavy atom. The maximum absolute atomic E-state index is 12.6. The van der Waals surface area contributed by atoms with E-state index >= 15 is 0 Å². The zero-order chi connectivity index (χ0) is 29.6. The van der Waals surface area contributed by atoms with Crippen molar-refractivity contribution in [1.29, 1.82) is 0 Å². The molecule has 2 amide bonds. The van der Waals surface area contributed by atoms with Crippen LogP contribution in [-0.4, -0.2) is 58.6 Å². The smallest absolute Gasteiger partial charge is 0.317 e. The average Bonchev–Trinajstić information content (AvgIpc) is 3.30. The minimum absolute atomic E-state index is 0.000471. The molecule has 1 atom stereocenters. The fourth-order valence-corrected chi connectivity index (χ4v) is 4.25. The van der Waals surface area contributed by atoms with Crippen LogP contribution in [0.3, 0.4) is 0 Å². The van der Waals surface area contributed by atoms with Gasteiger partial charge in [-0.3, -0.25) is 4.99 Å². The molecule has 1 unspecified atom stereocenters. The molecule has 8 heteroatoms. The van der Waals surface area contributed by atoms with Crippen LogP contribution < -0.4 is 16.1 Å². The van der Waals surface area contributed by atoms with Crippen LogP contribution in [0.25, 0.3) is 5.70 Å². The maximum atomic E-state index is 12.6. The lowest BCUT2D eigenvalue weighted by Crippen LogP contribution is -2.51. The molecule has 8 nitrogen and oxygen atoms in total. The highest BCUT2D eigenvalue weighted by Gasteiger charge is 2.30. The number of likely N-dealkylation sites (tertiary alicyclic amines) is 1. The number of benzene rings is 1. The highest BCUT2D eigenvalue weighted by atomic mass is 16.3. The highest BCUT2D eigenvalue weighted by Crippen LogP contribution is 2.29. The molecule has 0 aliphatic carbocycles. The van der Waals surface area contributed by atoms with E-state index in [0.717, 1.165) is 48.8 Å². The zero-order valence-electron chi connectivity index (χ0n) is 26.1. The van der Waals surface area contributed by atoms with Crippen LogP contribution in [0.15, 0.2) is 46.7 Å². The molecule has 1 saturated heterocycles. The van der Waals surface area contributed by atoms with E-state index in [-0.39, 0.29) is 17.3 Å². The number of para-hydroxylation sites is 1. The van der Waals surface area contributed by atoms with Gasteiger partial charge in [0, 0.05) is 43.4 Å². The number of hydrogen-bond acceptors (Lipinski definition) is 5. The maximum Gasteiger partial charge on any atom is 0.317 e. The minimum Gasteiger partial charge on any atom is -0.507 e. The topological polar surface area (TPSA) is 92.2 Å². The van der Waals surface area contributed by atoms with Gasteiger partial charge >= 0.3 is 6.03 Å². The minimum atomic E-state index is -0.244. The van der Waals surface area contributed by atoms with Gasteiger partial charge in [-0.2, -0.15) is 0 Å². The number of hydrazine groups is 1. The second-order valence-electron chi connectivity index (χ2n) is 10.5. The summed E-state index contributed by atoms with van der Waals surface area (Å²) in [5.74, 6) is 2.32.